The molecule has 2 N–H and O–H groups in total. The lowest BCUT2D eigenvalue weighted by molar-refractivity contribution is -0.151. The van der Waals surface area contributed by atoms with Gasteiger partial charge in [0.05, 0.1) is 6.54 Å². The Bertz CT molecular complexity index is 186. The van der Waals surface area contributed by atoms with Gasteiger partial charge < -0.3 is 5.73 Å². The van der Waals surface area contributed by atoms with Crippen LogP contribution in [0.15, 0.2) is 0 Å². The fourth-order valence-corrected chi connectivity index (χ4v) is 2.41. The van der Waals surface area contributed by atoms with Crippen molar-refractivity contribution >= 4 is 0 Å². The predicted octanol–water partition coefficient (Wildman–Crippen LogP) is 2.53. The molecule has 96 valence electrons. The average Bonchev–Trinajstić information content (AvgIpc) is 2.43. The van der Waals surface area contributed by atoms with Crippen LogP contribution in [0.4, 0.5) is 13.2 Å². The average molecular weight is 238 g/mol. The third-order valence-electron chi connectivity index (χ3n) is 3.14. The quantitative estimate of drug-likeness (QED) is 0.763. The molecule has 0 aliphatic heterocycles. The molecule has 0 unspecified atom stereocenters. The summed E-state index contributed by atoms with van der Waals surface area (Å²) in [6.45, 7) is -0.161. The fourth-order valence-electron chi connectivity index (χ4n) is 2.41. The van der Waals surface area contributed by atoms with E-state index >= 15 is 0 Å². The molecule has 0 atom stereocenters. The normalized spacial score (nSPS) is 20.1. The molecule has 1 rings (SSSR count). The standard InChI is InChI=1S/C11H21F3N2/c12-11(13,14)9-16(8-7-15)10-5-3-1-2-4-6-10/h10H,1-9,15H2. The van der Waals surface area contributed by atoms with Crippen molar-refractivity contribution in [1.29, 1.82) is 0 Å². The minimum atomic E-state index is -4.11. The van der Waals surface area contributed by atoms with Crippen LogP contribution in [0, 0.1) is 0 Å². The topological polar surface area (TPSA) is 29.3 Å². The van der Waals surface area contributed by atoms with Gasteiger partial charge in [0.2, 0.25) is 0 Å². The van der Waals surface area contributed by atoms with Crippen LogP contribution in [-0.2, 0) is 0 Å². The molecule has 1 aliphatic carbocycles. The first kappa shape index (κ1) is 13.8. The van der Waals surface area contributed by atoms with Crippen LogP contribution in [-0.4, -0.2) is 36.8 Å². The summed E-state index contributed by atoms with van der Waals surface area (Å²) >= 11 is 0. The van der Waals surface area contributed by atoms with Crippen molar-refractivity contribution in [2.45, 2.75) is 50.7 Å². The first-order valence-corrected chi connectivity index (χ1v) is 6.04. The Kier molecular flexibility index (Phi) is 5.55. The van der Waals surface area contributed by atoms with Gasteiger partial charge in [0, 0.05) is 19.1 Å². The Morgan fingerprint density at radius 3 is 2.06 bits per heavy atom. The maximum absolute atomic E-state index is 12.4. The highest BCUT2D eigenvalue weighted by Crippen LogP contribution is 2.25. The molecule has 0 bridgehead atoms. The fraction of sp³-hybridized carbons (Fsp3) is 1.00. The smallest absolute Gasteiger partial charge is 0.329 e. The van der Waals surface area contributed by atoms with Crippen LogP contribution in [0.25, 0.3) is 0 Å². The van der Waals surface area contributed by atoms with Crippen molar-refractivity contribution in [3.8, 4) is 0 Å². The van der Waals surface area contributed by atoms with Crippen LogP contribution in [0.5, 0.6) is 0 Å². The highest BCUT2D eigenvalue weighted by molar-refractivity contribution is 4.77. The summed E-state index contributed by atoms with van der Waals surface area (Å²) in [7, 11) is 0. The van der Waals surface area contributed by atoms with Crippen molar-refractivity contribution < 1.29 is 13.2 Å². The molecular formula is C11H21F3N2. The summed E-state index contributed by atoms with van der Waals surface area (Å²) in [5, 5.41) is 0. The van der Waals surface area contributed by atoms with Gasteiger partial charge in [0.1, 0.15) is 0 Å². The van der Waals surface area contributed by atoms with E-state index in [1.54, 1.807) is 0 Å². The summed E-state index contributed by atoms with van der Waals surface area (Å²) in [5.74, 6) is 0. The number of halogens is 3. The van der Waals surface area contributed by atoms with Gasteiger partial charge in [0.25, 0.3) is 0 Å². The van der Waals surface area contributed by atoms with Gasteiger partial charge in [-0.05, 0) is 12.8 Å². The molecule has 1 aliphatic rings. The third-order valence-corrected chi connectivity index (χ3v) is 3.14. The number of alkyl halides is 3. The zero-order valence-electron chi connectivity index (χ0n) is 9.60. The van der Waals surface area contributed by atoms with Gasteiger partial charge in [0.15, 0.2) is 0 Å². The zero-order chi connectivity index (χ0) is 12.0. The summed E-state index contributed by atoms with van der Waals surface area (Å²) in [6.07, 6.45) is 2.05. The molecule has 0 aromatic rings. The Hall–Kier alpha value is -0.290. The number of rotatable bonds is 4. The number of hydrogen-bond donors (Lipinski definition) is 1. The van der Waals surface area contributed by atoms with E-state index in [9.17, 15) is 13.2 Å². The summed E-state index contributed by atoms with van der Waals surface area (Å²) in [6, 6.07) is 0.0766. The second-order valence-electron chi connectivity index (χ2n) is 4.52. The maximum atomic E-state index is 12.4. The molecule has 0 aromatic heterocycles. The molecule has 0 saturated heterocycles. The van der Waals surface area contributed by atoms with Crippen molar-refractivity contribution in [1.82, 2.24) is 4.90 Å². The monoisotopic (exact) mass is 238 g/mol. The van der Waals surface area contributed by atoms with E-state index in [4.69, 9.17) is 5.73 Å². The van der Waals surface area contributed by atoms with Crippen LogP contribution in [0.2, 0.25) is 0 Å². The van der Waals surface area contributed by atoms with E-state index in [0.29, 0.717) is 13.1 Å². The Labute approximate surface area is 95.0 Å². The van der Waals surface area contributed by atoms with Crippen molar-refractivity contribution in [2.75, 3.05) is 19.6 Å². The second kappa shape index (κ2) is 6.45. The summed E-state index contributed by atoms with van der Waals surface area (Å²) in [4.78, 5) is 1.52. The molecule has 0 amide bonds. The van der Waals surface area contributed by atoms with Crippen LogP contribution >= 0.6 is 0 Å². The highest BCUT2D eigenvalue weighted by atomic mass is 19.4. The Balaban J connectivity index is 2.52. The van der Waals surface area contributed by atoms with E-state index in [0.717, 1.165) is 38.5 Å². The predicted molar refractivity (Wildman–Crippen MR) is 58.2 cm³/mol. The van der Waals surface area contributed by atoms with Gasteiger partial charge in [-0.3, -0.25) is 4.90 Å². The largest absolute Gasteiger partial charge is 0.401 e. The van der Waals surface area contributed by atoms with Gasteiger partial charge in [-0.25, -0.2) is 0 Å². The number of hydrogen-bond acceptors (Lipinski definition) is 2. The van der Waals surface area contributed by atoms with Gasteiger partial charge in [-0.2, -0.15) is 13.2 Å². The van der Waals surface area contributed by atoms with Crippen LogP contribution in [0.3, 0.4) is 0 Å². The molecule has 16 heavy (non-hydrogen) atoms. The molecule has 1 fully saturated rings. The van der Waals surface area contributed by atoms with Crippen molar-refractivity contribution in [3.05, 3.63) is 0 Å². The molecule has 5 heteroatoms. The van der Waals surface area contributed by atoms with Gasteiger partial charge in [-0.15, -0.1) is 0 Å². The maximum Gasteiger partial charge on any atom is 0.401 e. The lowest BCUT2D eigenvalue weighted by Gasteiger charge is -2.31. The third kappa shape index (κ3) is 5.16. The number of nitrogens with two attached hydrogens (primary N) is 1. The minimum absolute atomic E-state index is 0.0766. The van der Waals surface area contributed by atoms with Gasteiger partial charge in [-0.1, -0.05) is 25.7 Å². The first-order valence-electron chi connectivity index (χ1n) is 6.04. The van der Waals surface area contributed by atoms with Gasteiger partial charge >= 0.3 is 6.18 Å². The van der Waals surface area contributed by atoms with E-state index in [-0.39, 0.29) is 6.04 Å². The lowest BCUT2D eigenvalue weighted by Crippen LogP contribution is -2.44. The number of nitrogens with zero attached hydrogens (tertiary/aromatic N) is 1. The van der Waals surface area contributed by atoms with E-state index in [1.807, 2.05) is 0 Å². The Morgan fingerprint density at radius 1 is 1.06 bits per heavy atom. The van der Waals surface area contributed by atoms with E-state index in [1.165, 1.54) is 4.90 Å². The second-order valence-corrected chi connectivity index (χ2v) is 4.52. The molecular weight excluding hydrogens is 217 g/mol. The molecule has 0 radical (unpaired) electrons. The molecule has 0 spiro atoms. The van der Waals surface area contributed by atoms with Crippen molar-refractivity contribution in [3.63, 3.8) is 0 Å². The first-order chi connectivity index (χ1) is 7.53. The molecule has 0 aromatic carbocycles. The zero-order valence-corrected chi connectivity index (χ0v) is 9.60. The summed E-state index contributed by atoms with van der Waals surface area (Å²) < 4.78 is 37.2. The molecule has 0 heterocycles. The molecule has 2 nitrogen and oxygen atoms in total. The summed E-state index contributed by atoms with van der Waals surface area (Å²) in [5.41, 5.74) is 5.38. The minimum Gasteiger partial charge on any atom is -0.329 e. The Morgan fingerprint density at radius 2 is 1.62 bits per heavy atom. The van der Waals surface area contributed by atoms with E-state index in [2.05, 4.69) is 0 Å². The molecule has 1 saturated carbocycles. The van der Waals surface area contributed by atoms with E-state index < -0.39 is 12.7 Å². The van der Waals surface area contributed by atoms with Crippen molar-refractivity contribution in [2.24, 2.45) is 5.73 Å². The van der Waals surface area contributed by atoms with Crippen LogP contribution < -0.4 is 5.73 Å². The SMILES string of the molecule is NCCN(CC(F)(F)F)C1CCCCCC1. The van der Waals surface area contributed by atoms with Crippen LogP contribution in [0.1, 0.15) is 38.5 Å². The lowest BCUT2D eigenvalue weighted by atomic mass is 10.1. The highest BCUT2D eigenvalue weighted by Gasteiger charge is 2.33.